The van der Waals surface area contributed by atoms with Gasteiger partial charge in [0.25, 0.3) is 0 Å². The Morgan fingerprint density at radius 2 is 2.00 bits per heavy atom. The summed E-state index contributed by atoms with van der Waals surface area (Å²) in [6.45, 7) is 0.630. The lowest BCUT2D eigenvalue weighted by Gasteiger charge is -2.16. The van der Waals surface area contributed by atoms with E-state index in [0.29, 0.717) is 17.9 Å². The number of halogens is 1. The molecule has 0 fully saturated rings. The SMILES string of the molecule is CN(CCc1ccncc1)C(=O)Cc1cn2cc(F)ccc2n1. The summed E-state index contributed by atoms with van der Waals surface area (Å²) in [5.74, 6) is -0.342. The molecule has 0 saturated heterocycles. The highest BCUT2D eigenvalue weighted by atomic mass is 19.1. The first-order chi connectivity index (χ1) is 11.1. The highest BCUT2D eigenvalue weighted by molar-refractivity contribution is 5.78. The average molecular weight is 312 g/mol. The fourth-order valence-corrected chi connectivity index (χ4v) is 2.36. The number of fused-ring (bicyclic) bond motifs is 1. The highest BCUT2D eigenvalue weighted by Crippen LogP contribution is 2.09. The van der Waals surface area contributed by atoms with E-state index in [1.54, 1.807) is 41.0 Å². The van der Waals surface area contributed by atoms with E-state index < -0.39 is 0 Å². The Morgan fingerprint density at radius 3 is 2.78 bits per heavy atom. The molecule has 5 nitrogen and oxygen atoms in total. The van der Waals surface area contributed by atoms with Gasteiger partial charge in [0.05, 0.1) is 12.1 Å². The number of hydrogen-bond donors (Lipinski definition) is 0. The molecule has 0 aliphatic heterocycles. The molecule has 3 rings (SSSR count). The lowest BCUT2D eigenvalue weighted by atomic mass is 10.2. The van der Waals surface area contributed by atoms with Crippen LogP contribution in [-0.2, 0) is 17.6 Å². The van der Waals surface area contributed by atoms with Gasteiger partial charge < -0.3 is 9.30 Å². The number of imidazole rings is 1. The molecule has 0 radical (unpaired) electrons. The van der Waals surface area contributed by atoms with Gasteiger partial charge in [-0.2, -0.15) is 0 Å². The van der Waals surface area contributed by atoms with Gasteiger partial charge in [0, 0.05) is 38.4 Å². The van der Waals surface area contributed by atoms with E-state index in [9.17, 15) is 9.18 Å². The van der Waals surface area contributed by atoms with Crippen LogP contribution in [0.2, 0.25) is 0 Å². The molecule has 3 heterocycles. The number of pyridine rings is 2. The van der Waals surface area contributed by atoms with Crippen LogP contribution in [0.1, 0.15) is 11.3 Å². The minimum atomic E-state index is -0.331. The molecular formula is C17H17FN4O. The van der Waals surface area contributed by atoms with Crippen molar-refractivity contribution in [1.82, 2.24) is 19.3 Å². The third kappa shape index (κ3) is 3.71. The number of carbonyl (C=O) groups excluding carboxylic acids is 1. The summed E-state index contributed by atoms with van der Waals surface area (Å²) in [6.07, 6.45) is 7.51. The minimum absolute atomic E-state index is 0.0112. The van der Waals surface area contributed by atoms with E-state index in [4.69, 9.17) is 0 Å². The quantitative estimate of drug-likeness (QED) is 0.725. The minimum Gasteiger partial charge on any atom is -0.345 e. The molecule has 23 heavy (non-hydrogen) atoms. The molecule has 3 aromatic heterocycles. The molecule has 118 valence electrons. The van der Waals surface area contributed by atoms with E-state index in [-0.39, 0.29) is 18.1 Å². The van der Waals surface area contributed by atoms with Crippen molar-refractivity contribution in [3.05, 3.63) is 66.1 Å². The van der Waals surface area contributed by atoms with Crippen molar-refractivity contribution in [3.8, 4) is 0 Å². The Morgan fingerprint density at radius 1 is 1.22 bits per heavy atom. The molecule has 0 aliphatic carbocycles. The zero-order valence-corrected chi connectivity index (χ0v) is 12.8. The maximum Gasteiger partial charge on any atom is 0.228 e. The Labute approximate surface area is 133 Å². The number of rotatable bonds is 5. The molecule has 0 spiro atoms. The summed E-state index contributed by atoms with van der Waals surface area (Å²) in [7, 11) is 1.78. The van der Waals surface area contributed by atoms with Crippen molar-refractivity contribution in [2.24, 2.45) is 0 Å². The van der Waals surface area contributed by atoms with E-state index in [1.807, 2.05) is 12.1 Å². The fourth-order valence-electron chi connectivity index (χ4n) is 2.36. The number of amides is 1. The maximum atomic E-state index is 13.2. The highest BCUT2D eigenvalue weighted by Gasteiger charge is 2.12. The number of nitrogens with zero attached hydrogens (tertiary/aromatic N) is 4. The van der Waals surface area contributed by atoms with Crippen molar-refractivity contribution >= 4 is 11.6 Å². The first kappa shape index (κ1) is 15.1. The average Bonchev–Trinajstić information content (AvgIpc) is 2.94. The van der Waals surface area contributed by atoms with E-state index >= 15 is 0 Å². The second-order valence-corrected chi connectivity index (χ2v) is 5.44. The molecule has 3 aromatic rings. The third-order valence-electron chi connectivity index (χ3n) is 3.71. The molecule has 6 heteroatoms. The predicted molar refractivity (Wildman–Crippen MR) is 84.4 cm³/mol. The molecular weight excluding hydrogens is 295 g/mol. The Kier molecular flexibility index (Phi) is 4.32. The van der Waals surface area contributed by atoms with Crippen LogP contribution in [0.25, 0.3) is 5.65 Å². The Hall–Kier alpha value is -2.76. The largest absolute Gasteiger partial charge is 0.345 e. The van der Waals surface area contributed by atoms with Crippen molar-refractivity contribution < 1.29 is 9.18 Å². The predicted octanol–water partition coefficient (Wildman–Crippen LogP) is 2.11. The Balaban J connectivity index is 1.60. The monoisotopic (exact) mass is 312 g/mol. The molecule has 1 amide bonds. The summed E-state index contributed by atoms with van der Waals surface area (Å²) in [5.41, 5.74) is 2.41. The van der Waals surface area contributed by atoms with E-state index in [2.05, 4.69) is 9.97 Å². The zero-order valence-electron chi connectivity index (χ0n) is 12.8. The van der Waals surface area contributed by atoms with Crippen LogP contribution >= 0.6 is 0 Å². The maximum absolute atomic E-state index is 13.2. The Bertz CT molecular complexity index is 816. The lowest BCUT2D eigenvalue weighted by molar-refractivity contribution is -0.129. The smallest absolute Gasteiger partial charge is 0.228 e. The standard InChI is InChI=1S/C17H17FN4O/c1-21(9-6-13-4-7-19-8-5-13)17(23)10-15-12-22-11-14(18)2-3-16(22)20-15/h2-5,7-8,11-12H,6,9-10H2,1H3. The second kappa shape index (κ2) is 6.56. The van der Waals surface area contributed by atoms with Crippen LogP contribution in [0.3, 0.4) is 0 Å². The topological polar surface area (TPSA) is 50.5 Å². The third-order valence-corrected chi connectivity index (χ3v) is 3.71. The van der Waals surface area contributed by atoms with Gasteiger partial charge in [0.1, 0.15) is 11.5 Å². The van der Waals surface area contributed by atoms with Crippen molar-refractivity contribution in [1.29, 1.82) is 0 Å². The zero-order chi connectivity index (χ0) is 16.2. The summed E-state index contributed by atoms with van der Waals surface area (Å²) < 4.78 is 14.8. The van der Waals surface area contributed by atoms with Crippen LogP contribution in [0.5, 0.6) is 0 Å². The van der Waals surface area contributed by atoms with E-state index in [0.717, 1.165) is 12.0 Å². The second-order valence-electron chi connectivity index (χ2n) is 5.44. The van der Waals surface area contributed by atoms with Gasteiger partial charge in [-0.3, -0.25) is 9.78 Å². The van der Waals surface area contributed by atoms with Crippen LogP contribution in [-0.4, -0.2) is 38.8 Å². The molecule has 0 atom stereocenters. The van der Waals surface area contributed by atoms with E-state index in [1.165, 1.54) is 12.3 Å². The van der Waals surface area contributed by atoms with Gasteiger partial charge in [-0.1, -0.05) is 0 Å². The van der Waals surface area contributed by atoms with Crippen LogP contribution in [0.15, 0.2) is 49.1 Å². The van der Waals surface area contributed by atoms with Crippen molar-refractivity contribution in [2.75, 3.05) is 13.6 Å². The molecule has 0 aromatic carbocycles. The molecule has 0 bridgehead atoms. The van der Waals surface area contributed by atoms with Crippen LogP contribution in [0.4, 0.5) is 4.39 Å². The first-order valence-corrected chi connectivity index (χ1v) is 7.38. The first-order valence-electron chi connectivity index (χ1n) is 7.38. The van der Waals surface area contributed by atoms with Gasteiger partial charge >= 0.3 is 0 Å². The fraction of sp³-hybridized carbons (Fsp3) is 0.235. The summed E-state index contributed by atoms with van der Waals surface area (Å²) in [4.78, 5) is 22.3. The van der Waals surface area contributed by atoms with Crippen molar-refractivity contribution in [3.63, 3.8) is 0 Å². The van der Waals surface area contributed by atoms with Gasteiger partial charge in [-0.15, -0.1) is 0 Å². The molecule has 0 N–H and O–H groups in total. The number of likely N-dealkylation sites (N-methyl/N-ethyl adjacent to an activating group) is 1. The lowest BCUT2D eigenvalue weighted by Crippen LogP contribution is -2.30. The summed E-state index contributed by atoms with van der Waals surface area (Å²) >= 11 is 0. The number of hydrogen-bond acceptors (Lipinski definition) is 3. The molecule has 0 unspecified atom stereocenters. The normalized spacial score (nSPS) is 10.9. The molecule has 0 saturated carbocycles. The summed E-state index contributed by atoms with van der Waals surface area (Å²) in [5, 5.41) is 0. The van der Waals surface area contributed by atoms with Gasteiger partial charge in [-0.05, 0) is 36.2 Å². The number of aromatic nitrogens is 3. The van der Waals surface area contributed by atoms with Gasteiger partial charge in [0.15, 0.2) is 0 Å². The number of carbonyl (C=O) groups is 1. The van der Waals surface area contributed by atoms with Crippen LogP contribution in [0, 0.1) is 5.82 Å². The van der Waals surface area contributed by atoms with Gasteiger partial charge in [0.2, 0.25) is 5.91 Å². The van der Waals surface area contributed by atoms with Gasteiger partial charge in [-0.25, -0.2) is 9.37 Å². The summed E-state index contributed by atoms with van der Waals surface area (Å²) in [6, 6.07) is 6.83. The molecule has 0 aliphatic rings. The van der Waals surface area contributed by atoms with Crippen molar-refractivity contribution in [2.45, 2.75) is 12.8 Å². The van der Waals surface area contributed by atoms with Crippen LogP contribution < -0.4 is 0 Å².